The summed E-state index contributed by atoms with van der Waals surface area (Å²) >= 11 is 5.85. The highest BCUT2D eigenvalue weighted by molar-refractivity contribution is 7.92. The fraction of sp³-hybridized carbons (Fsp3) is 0.133. The van der Waals surface area contributed by atoms with Gasteiger partial charge in [-0.1, -0.05) is 17.7 Å². The van der Waals surface area contributed by atoms with Gasteiger partial charge in [-0.15, -0.1) is 0 Å². The number of nitrogens with zero attached hydrogens (tertiary/aromatic N) is 2. The molecular weight excluding hydrogens is 322 g/mol. The SMILES string of the molecule is Cc1nc2ccc(NS(=O)(=O)c3cccc(Cl)c3)cn2c1C. The number of nitrogens with one attached hydrogen (secondary N) is 1. The fourth-order valence-electron chi connectivity index (χ4n) is 2.19. The Morgan fingerprint density at radius 1 is 1.18 bits per heavy atom. The van der Waals surface area contributed by atoms with Crippen LogP contribution in [0, 0.1) is 13.8 Å². The molecule has 5 nitrogen and oxygen atoms in total. The molecule has 0 aliphatic rings. The van der Waals surface area contributed by atoms with E-state index in [0.717, 1.165) is 17.0 Å². The summed E-state index contributed by atoms with van der Waals surface area (Å²) in [5.74, 6) is 0. The Morgan fingerprint density at radius 3 is 2.68 bits per heavy atom. The molecule has 0 bridgehead atoms. The Hall–Kier alpha value is -2.05. The summed E-state index contributed by atoms with van der Waals surface area (Å²) in [6.45, 7) is 3.85. The van der Waals surface area contributed by atoms with Crippen LogP contribution in [0.25, 0.3) is 5.65 Å². The van der Waals surface area contributed by atoms with Crippen molar-refractivity contribution in [1.82, 2.24) is 9.38 Å². The normalized spacial score (nSPS) is 11.8. The summed E-state index contributed by atoms with van der Waals surface area (Å²) in [6, 6.07) is 9.60. The summed E-state index contributed by atoms with van der Waals surface area (Å²) in [4.78, 5) is 4.51. The summed E-state index contributed by atoms with van der Waals surface area (Å²) in [6.07, 6.45) is 1.72. The van der Waals surface area contributed by atoms with Crippen LogP contribution in [0.4, 0.5) is 5.69 Å². The van der Waals surface area contributed by atoms with Crippen LogP contribution in [0.2, 0.25) is 5.02 Å². The van der Waals surface area contributed by atoms with E-state index in [2.05, 4.69) is 9.71 Å². The van der Waals surface area contributed by atoms with Crippen molar-refractivity contribution in [3.8, 4) is 0 Å². The van der Waals surface area contributed by atoms with Crippen LogP contribution in [0.5, 0.6) is 0 Å². The first-order valence-electron chi connectivity index (χ1n) is 6.60. The van der Waals surface area contributed by atoms with Crippen molar-refractivity contribution < 1.29 is 8.42 Å². The second-order valence-electron chi connectivity index (χ2n) is 4.99. The molecule has 7 heteroatoms. The van der Waals surface area contributed by atoms with Crippen molar-refractivity contribution in [1.29, 1.82) is 0 Å². The molecule has 0 fully saturated rings. The van der Waals surface area contributed by atoms with Gasteiger partial charge in [0.25, 0.3) is 10.0 Å². The number of imidazole rings is 1. The van der Waals surface area contributed by atoms with Crippen LogP contribution < -0.4 is 4.72 Å². The first-order valence-corrected chi connectivity index (χ1v) is 8.47. The average molecular weight is 336 g/mol. The first-order chi connectivity index (χ1) is 10.4. The Bertz CT molecular complexity index is 964. The largest absolute Gasteiger partial charge is 0.302 e. The second kappa shape index (κ2) is 5.30. The average Bonchev–Trinajstić information content (AvgIpc) is 2.74. The zero-order valence-corrected chi connectivity index (χ0v) is 13.6. The molecule has 0 aliphatic heterocycles. The summed E-state index contributed by atoms with van der Waals surface area (Å²) in [5.41, 5.74) is 3.13. The van der Waals surface area contributed by atoms with Gasteiger partial charge in [-0.05, 0) is 44.2 Å². The predicted molar refractivity (Wildman–Crippen MR) is 86.9 cm³/mol. The third-order valence-corrected chi connectivity index (χ3v) is 5.07. The molecule has 1 aromatic carbocycles. The molecule has 0 amide bonds. The van der Waals surface area contributed by atoms with Gasteiger partial charge in [0.05, 0.1) is 16.3 Å². The van der Waals surface area contributed by atoms with Gasteiger partial charge < -0.3 is 4.40 Å². The number of aromatic nitrogens is 2. The van der Waals surface area contributed by atoms with E-state index in [1.165, 1.54) is 12.1 Å². The van der Waals surface area contributed by atoms with Crippen LogP contribution in [-0.4, -0.2) is 17.8 Å². The molecule has 114 valence electrons. The number of sulfonamides is 1. The monoisotopic (exact) mass is 335 g/mol. The first kappa shape index (κ1) is 14.9. The predicted octanol–water partition coefficient (Wildman–Crippen LogP) is 3.41. The van der Waals surface area contributed by atoms with Crippen LogP contribution in [0.1, 0.15) is 11.4 Å². The van der Waals surface area contributed by atoms with Gasteiger partial charge in [0, 0.05) is 16.9 Å². The Labute approximate surface area is 133 Å². The van der Waals surface area contributed by atoms with E-state index < -0.39 is 10.0 Å². The number of rotatable bonds is 3. The van der Waals surface area contributed by atoms with E-state index in [0.29, 0.717) is 10.7 Å². The maximum atomic E-state index is 12.4. The molecule has 3 rings (SSSR count). The minimum Gasteiger partial charge on any atom is -0.302 e. The Kier molecular flexibility index (Phi) is 3.58. The van der Waals surface area contributed by atoms with Crippen molar-refractivity contribution in [2.45, 2.75) is 18.7 Å². The minimum absolute atomic E-state index is 0.124. The molecule has 3 aromatic rings. The molecule has 0 saturated heterocycles. The lowest BCUT2D eigenvalue weighted by Crippen LogP contribution is -2.13. The maximum Gasteiger partial charge on any atom is 0.261 e. The quantitative estimate of drug-likeness (QED) is 0.797. The third-order valence-electron chi connectivity index (χ3n) is 3.45. The summed E-state index contributed by atoms with van der Waals surface area (Å²) in [5, 5.41) is 0.374. The van der Waals surface area contributed by atoms with E-state index in [1.54, 1.807) is 30.5 Å². The number of anilines is 1. The number of benzene rings is 1. The van der Waals surface area contributed by atoms with Crippen LogP contribution in [0.3, 0.4) is 0 Å². The van der Waals surface area contributed by atoms with Gasteiger partial charge >= 0.3 is 0 Å². The number of hydrogen-bond donors (Lipinski definition) is 1. The molecule has 0 spiro atoms. The fourth-order valence-corrected chi connectivity index (χ4v) is 3.53. The zero-order valence-electron chi connectivity index (χ0n) is 12.0. The van der Waals surface area contributed by atoms with Gasteiger partial charge in [0.2, 0.25) is 0 Å². The maximum absolute atomic E-state index is 12.4. The Balaban J connectivity index is 2.00. The van der Waals surface area contributed by atoms with Crippen molar-refractivity contribution in [3.05, 3.63) is 59.0 Å². The molecule has 2 aromatic heterocycles. The lowest BCUT2D eigenvalue weighted by molar-refractivity contribution is 0.601. The van der Waals surface area contributed by atoms with E-state index in [-0.39, 0.29) is 4.90 Å². The number of halogens is 1. The number of hydrogen-bond acceptors (Lipinski definition) is 3. The van der Waals surface area contributed by atoms with Crippen LogP contribution in [-0.2, 0) is 10.0 Å². The zero-order chi connectivity index (χ0) is 15.9. The van der Waals surface area contributed by atoms with Crippen molar-refractivity contribution in [2.75, 3.05) is 4.72 Å². The van der Waals surface area contributed by atoms with Gasteiger partial charge in [0.15, 0.2) is 0 Å². The van der Waals surface area contributed by atoms with E-state index >= 15 is 0 Å². The van der Waals surface area contributed by atoms with Gasteiger partial charge in [-0.3, -0.25) is 4.72 Å². The van der Waals surface area contributed by atoms with Crippen molar-refractivity contribution in [3.63, 3.8) is 0 Å². The topological polar surface area (TPSA) is 63.5 Å². The number of pyridine rings is 1. The smallest absolute Gasteiger partial charge is 0.261 e. The lowest BCUT2D eigenvalue weighted by atomic mass is 10.4. The van der Waals surface area contributed by atoms with Gasteiger partial charge in [-0.25, -0.2) is 13.4 Å². The number of aryl methyl sites for hydroxylation is 2. The molecule has 0 saturated carbocycles. The second-order valence-corrected chi connectivity index (χ2v) is 7.11. The van der Waals surface area contributed by atoms with Crippen molar-refractivity contribution in [2.24, 2.45) is 0 Å². The van der Waals surface area contributed by atoms with Gasteiger partial charge in [-0.2, -0.15) is 0 Å². The van der Waals surface area contributed by atoms with E-state index in [9.17, 15) is 8.42 Å². The molecule has 0 unspecified atom stereocenters. The third kappa shape index (κ3) is 2.67. The molecule has 2 heterocycles. The van der Waals surface area contributed by atoms with Crippen LogP contribution in [0.15, 0.2) is 47.5 Å². The molecule has 1 N–H and O–H groups in total. The lowest BCUT2D eigenvalue weighted by Gasteiger charge is -2.09. The van der Waals surface area contributed by atoms with E-state index in [1.807, 2.05) is 18.2 Å². The Morgan fingerprint density at radius 2 is 1.95 bits per heavy atom. The molecular formula is C15H14ClN3O2S. The van der Waals surface area contributed by atoms with Crippen molar-refractivity contribution >= 4 is 33.0 Å². The molecule has 0 aliphatic carbocycles. The summed E-state index contributed by atoms with van der Waals surface area (Å²) in [7, 11) is -3.68. The van der Waals surface area contributed by atoms with E-state index in [4.69, 9.17) is 11.6 Å². The van der Waals surface area contributed by atoms with Gasteiger partial charge in [0.1, 0.15) is 5.65 Å². The summed E-state index contributed by atoms with van der Waals surface area (Å²) < 4.78 is 29.2. The number of fused-ring (bicyclic) bond motifs is 1. The highest BCUT2D eigenvalue weighted by atomic mass is 35.5. The molecule has 22 heavy (non-hydrogen) atoms. The van der Waals surface area contributed by atoms with Crippen LogP contribution >= 0.6 is 11.6 Å². The highest BCUT2D eigenvalue weighted by Crippen LogP contribution is 2.20. The standard InChI is InChI=1S/C15H14ClN3O2S/c1-10-11(2)19-9-13(6-7-15(19)17-10)18-22(20,21)14-5-3-4-12(16)8-14/h3-9,18H,1-2H3. The molecule has 0 atom stereocenters. The highest BCUT2D eigenvalue weighted by Gasteiger charge is 2.15. The minimum atomic E-state index is -3.68. The molecule has 0 radical (unpaired) electrons.